The number of aliphatic hydroxyl groups excluding tert-OH is 1. The molecule has 0 fully saturated rings. The van der Waals surface area contributed by atoms with Gasteiger partial charge in [-0.3, -0.25) is 0 Å². The standard InChI is InChI=1S/C17H27NO2/c1-7-8-18-15(11(2)3)16(19)14-10-12(4)9-13(5)17(14)20-6/h7,9-11,15-16,18-19H,1,8H2,2-6H3. The van der Waals surface area contributed by atoms with Crippen LogP contribution in [0.4, 0.5) is 0 Å². The maximum atomic E-state index is 10.8. The van der Waals surface area contributed by atoms with Crippen molar-refractivity contribution < 1.29 is 9.84 Å². The van der Waals surface area contributed by atoms with Crippen LogP contribution in [0.15, 0.2) is 24.8 Å². The number of rotatable bonds is 7. The molecule has 0 aliphatic rings. The minimum atomic E-state index is -0.608. The van der Waals surface area contributed by atoms with Crippen molar-refractivity contribution in [2.75, 3.05) is 13.7 Å². The molecule has 0 radical (unpaired) electrons. The van der Waals surface area contributed by atoms with E-state index >= 15 is 0 Å². The van der Waals surface area contributed by atoms with E-state index in [9.17, 15) is 5.11 Å². The Morgan fingerprint density at radius 3 is 2.50 bits per heavy atom. The lowest BCUT2D eigenvalue weighted by molar-refractivity contribution is 0.104. The molecular formula is C17H27NO2. The molecule has 0 aromatic heterocycles. The summed E-state index contributed by atoms with van der Waals surface area (Å²) in [6, 6.07) is 4.03. The van der Waals surface area contributed by atoms with E-state index in [0.717, 1.165) is 22.4 Å². The Kier molecular flexibility index (Phi) is 6.24. The first-order chi connectivity index (χ1) is 9.42. The molecule has 0 heterocycles. The fourth-order valence-electron chi connectivity index (χ4n) is 2.61. The molecule has 112 valence electrons. The number of nitrogens with one attached hydrogen (secondary N) is 1. The van der Waals surface area contributed by atoms with Crippen molar-refractivity contribution in [3.05, 3.63) is 41.5 Å². The third-order valence-corrected chi connectivity index (χ3v) is 3.53. The van der Waals surface area contributed by atoms with Gasteiger partial charge in [-0.05, 0) is 31.4 Å². The number of ether oxygens (including phenoxy) is 1. The smallest absolute Gasteiger partial charge is 0.127 e. The first-order valence-corrected chi connectivity index (χ1v) is 7.09. The van der Waals surface area contributed by atoms with Gasteiger partial charge >= 0.3 is 0 Å². The van der Waals surface area contributed by atoms with Gasteiger partial charge < -0.3 is 15.2 Å². The van der Waals surface area contributed by atoms with Gasteiger partial charge in [-0.15, -0.1) is 6.58 Å². The Bertz CT molecular complexity index is 455. The molecule has 1 rings (SSSR count). The van der Waals surface area contributed by atoms with Gasteiger partial charge in [-0.1, -0.05) is 31.6 Å². The lowest BCUT2D eigenvalue weighted by Crippen LogP contribution is -2.39. The first kappa shape index (κ1) is 16.7. The zero-order valence-corrected chi connectivity index (χ0v) is 13.2. The Hall–Kier alpha value is -1.32. The van der Waals surface area contributed by atoms with Crippen molar-refractivity contribution in [1.29, 1.82) is 0 Å². The van der Waals surface area contributed by atoms with E-state index in [1.165, 1.54) is 0 Å². The lowest BCUT2D eigenvalue weighted by Gasteiger charge is -2.29. The highest BCUT2D eigenvalue weighted by molar-refractivity contribution is 5.45. The molecule has 0 spiro atoms. The van der Waals surface area contributed by atoms with E-state index in [0.29, 0.717) is 12.5 Å². The molecule has 0 aliphatic heterocycles. The Morgan fingerprint density at radius 1 is 1.35 bits per heavy atom. The van der Waals surface area contributed by atoms with Crippen LogP contribution in [0.1, 0.15) is 36.6 Å². The van der Waals surface area contributed by atoms with Crippen LogP contribution in [0.5, 0.6) is 5.75 Å². The Morgan fingerprint density at radius 2 is 2.00 bits per heavy atom. The first-order valence-electron chi connectivity index (χ1n) is 7.09. The largest absolute Gasteiger partial charge is 0.496 e. The maximum Gasteiger partial charge on any atom is 0.127 e. The van der Waals surface area contributed by atoms with Gasteiger partial charge in [0.1, 0.15) is 5.75 Å². The molecule has 0 bridgehead atoms. The van der Waals surface area contributed by atoms with Crippen LogP contribution in [0.2, 0.25) is 0 Å². The molecule has 2 N–H and O–H groups in total. The second-order valence-corrected chi connectivity index (χ2v) is 5.62. The van der Waals surface area contributed by atoms with Crippen molar-refractivity contribution in [2.45, 2.75) is 39.8 Å². The second-order valence-electron chi connectivity index (χ2n) is 5.62. The lowest BCUT2D eigenvalue weighted by atomic mass is 9.91. The topological polar surface area (TPSA) is 41.5 Å². The summed E-state index contributed by atoms with van der Waals surface area (Å²) in [7, 11) is 1.65. The van der Waals surface area contributed by atoms with Crippen molar-refractivity contribution in [3.63, 3.8) is 0 Å². The van der Waals surface area contributed by atoms with Gasteiger partial charge in [0.2, 0.25) is 0 Å². The summed E-state index contributed by atoms with van der Waals surface area (Å²) in [5.74, 6) is 1.07. The summed E-state index contributed by atoms with van der Waals surface area (Å²) in [6.45, 7) is 12.6. The zero-order valence-electron chi connectivity index (χ0n) is 13.2. The average Bonchev–Trinajstić information content (AvgIpc) is 2.37. The number of aliphatic hydroxyl groups is 1. The van der Waals surface area contributed by atoms with Gasteiger partial charge in [-0.2, -0.15) is 0 Å². The highest BCUT2D eigenvalue weighted by atomic mass is 16.5. The summed E-state index contributed by atoms with van der Waals surface area (Å²) >= 11 is 0. The van der Waals surface area contributed by atoms with Crippen molar-refractivity contribution in [1.82, 2.24) is 5.32 Å². The monoisotopic (exact) mass is 277 g/mol. The number of hydrogen-bond acceptors (Lipinski definition) is 3. The highest BCUT2D eigenvalue weighted by Crippen LogP contribution is 2.33. The fourth-order valence-corrected chi connectivity index (χ4v) is 2.61. The van der Waals surface area contributed by atoms with E-state index in [1.807, 2.05) is 19.9 Å². The van der Waals surface area contributed by atoms with Crippen LogP contribution in [-0.4, -0.2) is 24.8 Å². The Labute approximate surface area is 122 Å². The molecule has 0 saturated carbocycles. The van der Waals surface area contributed by atoms with Gasteiger partial charge in [-0.25, -0.2) is 0 Å². The van der Waals surface area contributed by atoms with Gasteiger partial charge in [0.25, 0.3) is 0 Å². The number of aryl methyl sites for hydroxylation is 2. The van der Waals surface area contributed by atoms with E-state index in [2.05, 4.69) is 31.8 Å². The number of methoxy groups -OCH3 is 1. The molecule has 0 amide bonds. The summed E-state index contributed by atoms with van der Waals surface area (Å²) < 4.78 is 5.48. The summed E-state index contributed by atoms with van der Waals surface area (Å²) in [6.07, 6.45) is 1.20. The third-order valence-electron chi connectivity index (χ3n) is 3.53. The number of hydrogen-bond donors (Lipinski definition) is 2. The minimum Gasteiger partial charge on any atom is -0.496 e. The summed E-state index contributed by atoms with van der Waals surface area (Å²) in [5, 5.41) is 14.1. The van der Waals surface area contributed by atoms with E-state index < -0.39 is 6.10 Å². The quantitative estimate of drug-likeness (QED) is 0.752. The van der Waals surface area contributed by atoms with Crippen LogP contribution in [-0.2, 0) is 0 Å². The molecule has 1 aromatic rings. The van der Waals surface area contributed by atoms with Crippen LogP contribution in [0.25, 0.3) is 0 Å². The van der Waals surface area contributed by atoms with Crippen LogP contribution in [0.3, 0.4) is 0 Å². The maximum absolute atomic E-state index is 10.8. The van der Waals surface area contributed by atoms with E-state index in [4.69, 9.17) is 4.74 Å². The van der Waals surface area contributed by atoms with Crippen LogP contribution >= 0.6 is 0 Å². The highest BCUT2D eigenvalue weighted by Gasteiger charge is 2.26. The normalized spacial score (nSPS) is 14.2. The van der Waals surface area contributed by atoms with E-state index in [-0.39, 0.29) is 6.04 Å². The average molecular weight is 277 g/mol. The molecule has 0 aliphatic carbocycles. The summed E-state index contributed by atoms with van der Waals surface area (Å²) in [5.41, 5.74) is 3.02. The van der Waals surface area contributed by atoms with Crippen LogP contribution in [0, 0.1) is 19.8 Å². The van der Waals surface area contributed by atoms with E-state index in [1.54, 1.807) is 13.2 Å². The molecule has 0 saturated heterocycles. The number of benzene rings is 1. The molecule has 3 nitrogen and oxygen atoms in total. The van der Waals surface area contributed by atoms with Crippen molar-refractivity contribution in [2.24, 2.45) is 5.92 Å². The Balaban J connectivity index is 3.16. The molecule has 2 atom stereocenters. The summed E-state index contributed by atoms with van der Waals surface area (Å²) in [4.78, 5) is 0. The zero-order chi connectivity index (χ0) is 15.3. The second kappa shape index (κ2) is 7.46. The minimum absolute atomic E-state index is 0.0388. The molecule has 3 heteroatoms. The van der Waals surface area contributed by atoms with Gasteiger partial charge in [0.05, 0.1) is 13.2 Å². The molecule has 2 unspecified atom stereocenters. The van der Waals surface area contributed by atoms with Crippen molar-refractivity contribution in [3.8, 4) is 5.75 Å². The van der Waals surface area contributed by atoms with Gasteiger partial charge in [0, 0.05) is 18.2 Å². The third kappa shape index (κ3) is 3.84. The molecular weight excluding hydrogens is 250 g/mol. The van der Waals surface area contributed by atoms with Gasteiger partial charge in [0.15, 0.2) is 0 Å². The van der Waals surface area contributed by atoms with Crippen LogP contribution < -0.4 is 10.1 Å². The molecule has 20 heavy (non-hydrogen) atoms. The predicted octanol–water partition coefficient (Wildman–Crippen LogP) is 3.15. The fraction of sp³-hybridized carbons (Fsp3) is 0.529. The van der Waals surface area contributed by atoms with Crippen molar-refractivity contribution >= 4 is 0 Å². The predicted molar refractivity (Wildman–Crippen MR) is 84.3 cm³/mol. The molecule has 1 aromatic carbocycles. The SMILES string of the molecule is C=CCNC(C(C)C)C(O)c1cc(C)cc(C)c1OC.